The molecule has 2 aromatic heterocycles. The number of rotatable bonds is 5. The first-order valence-corrected chi connectivity index (χ1v) is 11.7. The number of likely N-dealkylation sites (tertiary alicyclic amines) is 1. The molecule has 5 rings (SSSR count). The maximum atomic E-state index is 12.3. The highest BCUT2D eigenvalue weighted by Crippen LogP contribution is 2.54. The highest BCUT2D eigenvalue weighted by Gasteiger charge is 2.51. The number of hydrogen-bond acceptors (Lipinski definition) is 6. The minimum atomic E-state index is -0.652. The number of anilines is 1. The van der Waals surface area contributed by atoms with Gasteiger partial charge in [0.25, 0.3) is 11.8 Å². The van der Waals surface area contributed by atoms with Gasteiger partial charge in [0.05, 0.1) is 30.4 Å². The summed E-state index contributed by atoms with van der Waals surface area (Å²) in [6, 6.07) is 9.52. The van der Waals surface area contributed by atoms with E-state index >= 15 is 0 Å². The standard InChI is InChI=1S/C26H26N8O2/c1-2-5-21(35)32-9-8-26(16-32)10-20(11-26)34-24(28)22(25(29)36)23(31-34)19-13-30-33(15-19)14-18-7-4-3-6-17(18)12-27/h3-4,6-7,13,15,20H,8-11,14,16,28H2,1H3,(H2,29,36)/t20-,26-. The number of carbonyl (C=O) groups excluding carboxylic acids is 2. The van der Waals surface area contributed by atoms with Crippen LogP contribution in [0.25, 0.3) is 11.3 Å². The van der Waals surface area contributed by atoms with Crippen LogP contribution in [0.4, 0.5) is 5.82 Å². The van der Waals surface area contributed by atoms with Crippen LogP contribution in [0.3, 0.4) is 0 Å². The molecule has 2 fully saturated rings. The molecule has 4 N–H and O–H groups in total. The molecule has 2 amide bonds. The normalized spacial score (nSPS) is 20.4. The average molecular weight is 483 g/mol. The van der Waals surface area contributed by atoms with E-state index in [9.17, 15) is 14.9 Å². The molecular formula is C26H26N8O2. The van der Waals surface area contributed by atoms with Crippen molar-refractivity contribution >= 4 is 17.6 Å². The molecule has 3 aromatic rings. The molecule has 0 atom stereocenters. The third-order valence-electron chi connectivity index (χ3n) is 7.21. The van der Waals surface area contributed by atoms with E-state index < -0.39 is 5.91 Å². The molecule has 10 nitrogen and oxygen atoms in total. The Morgan fingerprint density at radius 2 is 2.06 bits per heavy atom. The highest BCUT2D eigenvalue weighted by atomic mass is 16.2. The van der Waals surface area contributed by atoms with Crippen LogP contribution in [0.2, 0.25) is 0 Å². The van der Waals surface area contributed by atoms with Gasteiger partial charge in [-0.2, -0.15) is 15.5 Å². The quantitative estimate of drug-likeness (QED) is 0.531. The molecule has 1 saturated heterocycles. The van der Waals surface area contributed by atoms with Crippen LogP contribution in [-0.4, -0.2) is 49.4 Å². The molecule has 182 valence electrons. The number of amides is 2. The van der Waals surface area contributed by atoms with Crippen LogP contribution in [0, 0.1) is 28.6 Å². The summed E-state index contributed by atoms with van der Waals surface area (Å²) in [5.41, 5.74) is 14.7. The summed E-state index contributed by atoms with van der Waals surface area (Å²) in [7, 11) is 0. The molecular weight excluding hydrogens is 456 g/mol. The lowest BCUT2D eigenvalue weighted by Gasteiger charge is -2.45. The lowest BCUT2D eigenvalue weighted by molar-refractivity contribution is -0.125. The maximum Gasteiger partial charge on any atom is 0.298 e. The Morgan fingerprint density at radius 1 is 1.28 bits per heavy atom. The Kier molecular flexibility index (Phi) is 5.73. The van der Waals surface area contributed by atoms with Crippen molar-refractivity contribution in [3.05, 3.63) is 53.3 Å². The second kappa shape index (κ2) is 8.90. The van der Waals surface area contributed by atoms with Crippen molar-refractivity contribution in [1.29, 1.82) is 5.26 Å². The van der Waals surface area contributed by atoms with Crippen molar-refractivity contribution in [3.8, 4) is 29.2 Å². The van der Waals surface area contributed by atoms with Gasteiger partial charge in [0.2, 0.25) is 0 Å². The molecule has 36 heavy (non-hydrogen) atoms. The molecule has 0 unspecified atom stereocenters. The zero-order chi connectivity index (χ0) is 25.4. The Labute approximate surface area is 208 Å². The van der Waals surface area contributed by atoms with Gasteiger partial charge in [-0.1, -0.05) is 24.1 Å². The van der Waals surface area contributed by atoms with E-state index in [1.165, 1.54) is 0 Å². The number of hydrogen-bond donors (Lipinski definition) is 2. The van der Waals surface area contributed by atoms with Crippen molar-refractivity contribution in [3.63, 3.8) is 0 Å². The number of primary amides is 1. The second-order valence-electron chi connectivity index (χ2n) is 9.53. The lowest BCUT2D eigenvalue weighted by atomic mass is 9.65. The Bertz CT molecular complexity index is 1460. The van der Waals surface area contributed by atoms with E-state index in [-0.39, 0.29) is 28.7 Å². The Morgan fingerprint density at radius 3 is 2.78 bits per heavy atom. The topological polar surface area (TPSA) is 149 Å². The van der Waals surface area contributed by atoms with Gasteiger partial charge in [0, 0.05) is 24.8 Å². The van der Waals surface area contributed by atoms with Gasteiger partial charge in [0.1, 0.15) is 17.1 Å². The fourth-order valence-corrected chi connectivity index (χ4v) is 5.43. The van der Waals surface area contributed by atoms with Gasteiger partial charge in [-0.3, -0.25) is 14.3 Å². The van der Waals surface area contributed by atoms with E-state index in [0.29, 0.717) is 36.5 Å². The first-order chi connectivity index (χ1) is 17.3. The van der Waals surface area contributed by atoms with Crippen LogP contribution < -0.4 is 11.5 Å². The number of nitrogens with zero attached hydrogens (tertiary/aromatic N) is 6. The summed E-state index contributed by atoms with van der Waals surface area (Å²) >= 11 is 0. The van der Waals surface area contributed by atoms with E-state index in [0.717, 1.165) is 24.8 Å². The van der Waals surface area contributed by atoms with E-state index in [4.69, 9.17) is 16.6 Å². The smallest absolute Gasteiger partial charge is 0.298 e. The Hall–Kier alpha value is -4.57. The minimum absolute atomic E-state index is 0.0155. The zero-order valence-corrected chi connectivity index (χ0v) is 19.9. The SMILES string of the molecule is CC#CC(=O)N1CC[C@]2(C1)C[C@H](n1nc(-c3cnn(Cc4ccccc4C#N)c3)c(C(N)=O)c1N)C2. The number of nitriles is 1. The third-order valence-corrected chi connectivity index (χ3v) is 7.21. The molecule has 10 heteroatoms. The van der Waals surface area contributed by atoms with E-state index in [2.05, 4.69) is 23.0 Å². The number of aromatic nitrogens is 4. The molecule has 1 aliphatic carbocycles. The maximum absolute atomic E-state index is 12.3. The molecule has 1 saturated carbocycles. The first kappa shape index (κ1) is 23.2. The van der Waals surface area contributed by atoms with Gasteiger partial charge in [-0.15, -0.1) is 0 Å². The van der Waals surface area contributed by atoms with Crippen LogP contribution in [-0.2, 0) is 11.3 Å². The molecule has 2 aliphatic rings. The molecule has 1 aromatic carbocycles. The van der Waals surface area contributed by atoms with E-state index in [1.807, 2.05) is 18.2 Å². The summed E-state index contributed by atoms with van der Waals surface area (Å²) in [6.07, 6.45) is 5.91. The molecule has 1 aliphatic heterocycles. The number of carbonyl (C=O) groups is 2. The highest BCUT2D eigenvalue weighted by molar-refractivity contribution is 6.03. The van der Waals surface area contributed by atoms with Gasteiger partial charge in [0.15, 0.2) is 0 Å². The van der Waals surface area contributed by atoms with Gasteiger partial charge >= 0.3 is 0 Å². The van der Waals surface area contributed by atoms with Crippen molar-refractivity contribution in [2.24, 2.45) is 11.1 Å². The molecule has 3 heterocycles. The number of benzene rings is 1. The monoisotopic (exact) mass is 482 g/mol. The summed E-state index contributed by atoms with van der Waals surface area (Å²) in [6.45, 7) is 3.42. The van der Waals surface area contributed by atoms with Crippen LogP contribution >= 0.6 is 0 Å². The van der Waals surface area contributed by atoms with Crippen molar-refractivity contribution in [2.75, 3.05) is 18.8 Å². The predicted molar refractivity (Wildman–Crippen MR) is 132 cm³/mol. The molecule has 0 radical (unpaired) electrons. The third kappa shape index (κ3) is 3.97. The van der Waals surface area contributed by atoms with Gasteiger partial charge in [-0.25, -0.2) is 4.68 Å². The first-order valence-electron chi connectivity index (χ1n) is 11.7. The summed E-state index contributed by atoms with van der Waals surface area (Å²) < 4.78 is 3.38. The van der Waals surface area contributed by atoms with Crippen LogP contribution in [0.5, 0.6) is 0 Å². The summed E-state index contributed by atoms with van der Waals surface area (Å²) in [5.74, 6) is 4.74. The Balaban J connectivity index is 1.37. The van der Waals surface area contributed by atoms with Crippen LogP contribution in [0.1, 0.15) is 53.7 Å². The zero-order valence-electron chi connectivity index (χ0n) is 19.9. The largest absolute Gasteiger partial charge is 0.383 e. The second-order valence-corrected chi connectivity index (χ2v) is 9.53. The molecule has 0 bridgehead atoms. The van der Waals surface area contributed by atoms with Gasteiger partial charge in [-0.05, 0) is 49.2 Å². The average Bonchev–Trinajstić information content (AvgIpc) is 3.56. The summed E-state index contributed by atoms with van der Waals surface area (Å²) in [5, 5.41) is 18.4. The van der Waals surface area contributed by atoms with Gasteiger partial charge < -0.3 is 16.4 Å². The lowest BCUT2D eigenvalue weighted by Crippen LogP contribution is -2.42. The number of nitrogens with two attached hydrogens (primary N) is 2. The fraction of sp³-hybridized carbons (Fsp3) is 0.346. The van der Waals surface area contributed by atoms with Crippen molar-refractivity contribution in [1.82, 2.24) is 24.5 Å². The van der Waals surface area contributed by atoms with Crippen molar-refractivity contribution in [2.45, 2.75) is 38.8 Å². The van der Waals surface area contributed by atoms with E-state index in [1.54, 1.807) is 39.6 Å². The number of nitrogen functional groups attached to an aromatic ring is 1. The predicted octanol–water partition coefficient (Wildman–Crippen LogP) is 1.92. The minimum Gasteiger partial charge on any atom is -0.383 e. The fourth-order valence-electron chi connectivity index (χ4n) is 5.43. The molecule has 1 spiro atoms. The van der Waals surface area contributed by atoms with Crippen molar-refractivity contribution < 1.29 is 9.59 Å². The van der Waals surface area contributed by atoms with Crippen LogP contribution in [0.15, 0.2) is 36.7 Å². The summed E-state index contributed by atoms with van der Waals surface area (Å²) in [4.78, 5) is 26.3.